The maximum atomic E-state index is 11.7. The molecule has 0 spiro atoms. The van der Waals surface area contributed by atoms with Gasteiger partial charge in [-0.25, -0.2) is 4.57 Å². The van der Waals surface area contributed by atoms with E-state index in [0.717, 1.165) is 25.7 Å². The van der Waals surface area contributed by atoms with Crippen molar-refractivity contribution in [3.05, 3.63) is 0 Å². The van der Waals surface area contributed by atoms with Crippen LogP contribution in [0.2, 0.25) is 0 Å². The summed E-state index contributed by atoms with van der Waals surface area (Å²) in [4.78, 5) is 9.63. The minimum Gasteiger partial charge on any atom is -0.302 e. The van der Waals surface area contributed by atoms with Crippen LogP contribution in [0.15, 0.2) is 0 Å². The Kier molecular flexibility index (Phi) is 24.3. The normalized spacial score (nSPS) is 11.5. The molecule has 6 heteroatoms. The van der Waals surface area contributed by atoms with Crippen LogP contribution in [0.3, 0.4) is 0 Å². The van der Waals surface area contributed by atoms with E-state index in [0.29, 0.717) is 13.2 Å². The molecule has 0 aromatic rings. The maximum Gasteiger partial charge on any atom is 0.472 e. The van der Waals surface area contributed by atoms with Crippen LogP contribution < -0.4 is 0 Å². The summed E-state index contributed by atoms with van der Waals surface area (Å²) in [6, 6.07) is 0. The van der Waals surface area contributed by atoms with Gasteiger partial charge in [0.15, 0.2) is 0 Å². The number of rotatable bonds is 20. The second kappa shape index (κ2) is 21.9. The number of hydrogen-bond donors (Lipinski definition) is 1. The molecule has 0 radical (unpaired) electrons. The van der Waals surface area contributed by atoms with E-state index >= 15 is 0 Å². The second-order valence-electron chi connectivity index (χ2n) is 7.08. The van der Waals surface area contributed by atoms with Crippen molar-refractivity contribution in [1.29, 1.82) is 0 Å². The molecule has 0 amide bonds. The van der Waals surface area contributed by atoms with Gasteiger partial charge in [-0.15, -0.1) is 0 Å². The zero-order chi connectivity index (χ0) is 18.6. The van der Waals surface area contributed by atoms with Crippen molar-refractivity contribution in [2.45, 2.75) is 117 Å². The van der Waals surface area contributed by atoms with Gasteiger partial charge in [-0.2, -0.15) is 0 Å². The fourth-order valence-electron chi connectivity index (χ4n) is 2.87. The molecule has 0 aliphatic carbocycles. The molecule has 0 aromatic carbocycles. The summed E-state index contributed by atoms with van der Waals surface area (Å²) >= 11 is 0. The van der Waals surface area contributed by atoms with Gasteiger partial charge < -0.3 is 4.89 Å². The largest absolute Gasteiger partial charge is 0.472 e. The third-order valence-electron chi connectivity index (χ3n) is 4.50. The van der Waals surface area contributed by atoms with Crippen LogP contribution in [0, 0.1) is 0 Å². The first kappa shape index (κ1) is 28.8. The number of phosphoric acid groups is 1. The van der Waals surface area contributed by atoms with E-state index in [1.54, 1.807) is 0 Å². The van der Waals surface area contributed by atoms with E-state index < -0.39 is 7.82 Å². The molecule has 0 unspecified atom stereocenters. The smallest absolute Gasteiger partial charge is 0.302 e. The van der Waals surface area contributed by atoms with Gasteiger partial charge in [0.1, 0.15) is 0 Å². The summed E-state index contributed by atoms with van der Waals surface area (Å²) in [6.45, 7) is 5.09. The number of unbranched alkanes of at least 4 members (excludes halogenated alkanes) is 14. The van der Waals surface area contributed by atoms with E-state index in [1.807, 2.05) is 0 Å². The third-order valence-corrected chi connectivity index (χ3v) is 5.52. The van der Waals surface area contributed by atoms with E-state index in [-0.39, 0.29) is 17.4 Å². The molecule has 4 nitrogen and oxygen atoms in total. The predicted octanol–water partition coefficient (Wildman–Crippen LogP) is 7.40. The third kappa shape index (κ3) is 22.7. The Morgan fingerprint density at radius 1 is 0.577 bits per heavy atom. The van der Waals surface area contributed by atoms with Crippen molar-refractivity contribution in [1.82, 2.24) is 0 Å². The van der Waals surface area contributed by atoms with Gasteiger partial charge in [-0.1, -0.05) is 104 Å². The average molecular weight is 431 g/mol. The van der Waals surface area contributed by atoms with Gasteiger partial charge in [0.25, 0.3) is 0 Å². The zero-order valence-corrected chi connectivity index (χ0v) is 19.4. The van der Waals surface area contributed by atoms with Crippen molar-refractivity contribution in [2.75, 3.05) is 13.2 Å². The van der Waals surface area contributed by atoms with Gasteiger partial charge in [0, 0.05) is 17.4 Å². The summed E-state index contributed by atoms with van der Waals surface area (Å²) in [5.41, 5.74) is 0. The molecule has 0 aliphatic rings. The molecule has 1 N–H and O–H groups in total. The molecule has 0 bridgehead atoms. The molecular weight excluding hydrogens is 387 g/mol. The summed E-state index contributed by atoms with van der Waals surface area (Å²) < 4.78 is 21.8. The van der Waals surface area contributed by atoms with Crippen LogP contribution in [0.5, 0.6) is 0 Å². The van der Waals surface area contributed by atoms with E-state index in [1.165, 1.54) is 77.0 Å². The standard InChI is InChI=1S/C20H43O4P.Cr/c1-3-5-7-9-11-13-15-17-19-23-25(21,22)24-20-18-16-14-12-10-8-6-4-2;/h3-20H2,1-2H3,(H,21,22);. The molecule has 0 aromatic heterocycles. The first-order valence-electron chi connectivity index (χ1n) is 10.7. The van der Waals surface area contributed by atoms with Crippen LogP contribution in [-0.4, -0.2) is 18.1 Å². The van der Waals surface area contributed by atoms with Gasteiger partial charge >= 0.3 is 7.82 Å². The summed E-state index contributed by atoms with van der Waals surface area (Å²) in [6.07, 6.45) is 19.1. The Hall–Kier alpha value is 0.642. The van der Waals surface area contributed by atoms with Crippen molar-refractivity contribution in [3.8, 4) is 0 Å². The fourth-order valence-corrected chi connectivity index (χ4v) is 3.66. The molecule has 0 atom stereocenters. The zero-order valence-electron chi connectivity index (χ0n) is 17.3. The van der Waals surface area contributed by atoms with E-state index in [2.05, 4.69) is 13.8 Å². The Morgan fingerprint density at radius 3 is 1.15 bits per heavy atom. The second-order valence-corrected chi connectivity index (χ2v) is 8.54. The average Bonchev–Trinajstić information content (AvgIpc) is 2.59. The predicted molar refractivity (Wildman–Crippen MR) is 107 cm³/mol. The Balaban J connectivity index is 0. The van der Waals surface area contributed by atoms with Crippen molar-refractivity contribution < 1.29 is 35.9 Å². The molecule has 0 saturated heterocycles. The molecule has 0 heterocycles. The minimum absolute atomic E-state index is 0. The van der Waals surface area contributed by atoms with Crippen molar-refractivity contribution in [3.63, 3.8) is 0 Å². The maximum absolute atomic E-state index is 11.7. The SMILES string of the molecule is CCCCCCCCCCOP(=O)(O)OCCCCCCCCCC.[Cr]. The Labute approximate surface area is 173 Å². The summed E-state index contributed by atoms with van der Waals surface area (Å²) in [5, 5.41) is 0. The van der Waals surface area contributed by atoms with Gasteiger partial charge in [-0.05, 0) is 12.8 Å². The first-order chi connectivity index (χ1) is 12.1. The molecule has 26 heavy (non-hydrogen) atoms. The summed E-state index contributed by atoms with van der Waals surface area (Å²) in [5.74, 6) is 0. The van der Waals surface area contributed by atoms with E-state index in [4.69, 9.17) is 9.05 Å². The molecule has 0 rings (SSSR count). The van der Waals surface area contributed by atoms with Crippen LogP contribution >= 0.6 is 7.82 Å². The fraction of sp³-hybridized carbons (Fsp3) is 1.00. The van der Waals surface area contributed by atoms with Crippen LogP contribution in [0.25, 0.3) is 0 Å². The molecule has 158 valence electrons. The van der Waals surface area contributed by atoms with Crippen LogP contribution in [0.1, 0.15) is 117 Å². The van der Waals surface area contributed by atoms with E-state index in [9.17, 15) is 9.46 Å². The van der Waals surface area contributed by atoms with Crippen molar-refractivity contribution in [2.24, 2.45) is 0 Å². The Bertz CT molecular complexity index is 290. The first-order valence-corrected chi connectivity index (χ1v) is 12.2. The number of phosphoric ester groups is 1. The monoisotopic (exact) mass is 430 g/mol. The summed E-state index contributed by atoms with van der Waals surface area (Å²) in [7, 11) is -3.83. The van der Waals surface area contributed by atoms with Crippen molar-refractivity contribution >= 4 is 7.82 Å². The van der Waals surface area contributed by atoms with Gasteiger partial charge in [-0.3, -0.25) is 9.05 Å². The number of hydrogen-bond acceptors (Lipinski definition) is 3. The molecule has 0 saturated carbocycles. The quantitative estimate of drug-likeness (QED) is 0.161. The minimum atomic E-state index is -3.83. The molecular formula is C20H43CrO4P. The van der Waals surface area contributed by atoms with Crippen LogP contribution in [0.4, 0.5) is 0 Å². The Morgan fingerprint density at radius 2 is 0.846 bits per heavy atom. The van der Waals surface area contributed by atoms with Crippen LogP contribution in [-0.2, 0) is 31.0 Å². The molecule has 0 aliphatic heterocycles. The molecule has 0 fully saturated rings. The van der Waals surface area contributed by atoms with Gasteiger partial charge in [0.2, 0.25) is 0 Å². The topological polar surface area (TPSA) is 55.8 Å². The van der Waals surface area contributed by atoms with Gasteiger partial charge in [0.05, 0.1) is 13.2 Å².